The van der Waals surface area contributed by atoms with Crippen LogP contribution in [0.2, 0.25) is 0 Å². The van der Waals surface area contributed by atoms with Crippen LogP contribution in [0.1, 0.15) is 12.8 Å². The van der Waals surface area contributed by atoms with E-state index < -0.39 is 0 Å². The molecule has 1 atom stereocenters. The number of aromatic nitrogens is 3. The molecule has 5 heterocycles. The normalized spacial score (nSPS) is 22.1. The Morgan fingerprint density at radius 2 is 2.03 bits per heavy atom. The Morgan fingerprint density at radius 3 is 2.94 bits per heavy atom. The molecule has 2 fully saturated rings. The summed E-state index contributed by atoms with van der Waals surface area (Å²) in [6.45, 7) is 5.69. The summed E-state index contributed by atoms with van der Waals surface area (Å²) in [7, 11) is 0. The lowest BCUT2D eigenvalue weighted by Gasteiger charge is -2.48. The fourth-order valence-corrected chi connectivity index (χ4v) is 5.37. The average molecular weight is 485 g/mol. The monoisotopic (exact) mass is 484 g/mol. The van der Waals surface area contributed by atoms with Crippen LogP contribution in [0.3, 0.4) is 0 Å². The van der Waals surface area contributed by atoms with Crippen molar-refractivity contribution in [1.82, 2.24) is 19.3 Å². The van der Waals surface area contributed by atoms with Gasteiger partial charge in [0.2, 0.25) is 0 Å². The first-order valence-electron chi connectivity index (χ1n) is 10.9. The largest absolute Gasteiger partial charge is 0.489 e. The molecule has 0 spiro atoms. The Morgan fingerprint density at radius 1 is 1.13 bits per heavy atom. The fraction of sp³-hybridized carbons (Fsp3) is 0.455. The highest BCUT2D eigenvalue weighted by Gasteiger charge is 2.35. The van der Waals surface area contributed by atoms with Crippen LogP contribution >= 0.6 is 15.9 Å². The maximum Gasteiger partial charge on any atom is 0.180 e. The lowest BCUT2D eigenvalue weighted by atomic mass is 10.0. The molecule has 9 heteroatoms. The van der Waals surface area contributed by atoms with Crippen LogP contribution in [0, 0.1) is 0 Å². The van der Waals surface area contributed by atoms with Gasteiger partial charge in [-0.25, -0.2) is 9.97 Å². The molecule has 3 aliphatic heterocycles. The van der Waals surface area contributed by atoms with E-state index in [1.54, 1.807) is 6.20 Å². The van der Waals surface area contributed by atoms with Gasteiger partial charge in [-0.05, 0) is 40.9 Å². The number of hydrogen-bond donors (Lipinski definition) is 1. The molecule has 3 aromatic rings. The molecule has 2 saturated heterocycles. The van der Waals surface area contributed by atoms with Crippen molar-refractivity contribution in [3.05, 3.63) is 41.4 Å². The number of rotatable bonds is 3. The minimum Gasteiger partial charge on any atom is -0.489 e. The number of fused-ring (bicyclic) bond motifs is 4. The fourth-order valence-electron chi connectivity index (χ4n) is 4.97. The molecule has 2 aromatic heterocycles. The van der Waals surface area contributed by atoms with Gasteiger partial charge in [0.25, 0.3) is 0 Å². The zero-order valence-electron chi connectivity index (χ0n) is 17.2. The van der Waals surface area contributed by atoms with Gasteiger partial charge in [0, 0.05) is 69.2 Å². The summed E-state index contributed by atoms with van der Waals surface area (Å²) < 4.78 is 14.5. The van der Waals surface area contributed by atoms with Gasteiger partial charge in [0.05, 0.1) is 11.7 Å². The van der Waals surface area contributed by atoms with Crippen LogP contribution in [0.5, 0.6) is 5.75 Å². The number of imidazole rings is 1. The minimum absolute atomic E-state index is 0.402. The minimum atomic E-state index is 0.402. The standard InChI is InChI=1S/C22H25BrN6O2/c23-20-13-28-6-5-24-22(28)21(26-20)25-15-1-2-18-19(11-15)31-14-17-12-27(7-8-29(17)18)16-3-9-30-10-4-16/h1-2,5-6,11,13,16-17H,3-4,7-10,12,14H2,(H,25,26)/t17-/m1/s1. The van der Waals surface area contributed by atoms with E-state index in [1.165, 1.54) is 5.69 Å². The maximum atomic E-state index is 6.22. The van der Waals surface area contributed by atoms with E-state index in [0.717, 1.165) is 74.0 Å². The third-order valence-corrected chi connectivity index (χ3v) is 6.91. The Hall–Kier alpha value is -2.36. The van der Waals surface area contributed by atoms with Crippen molar-refractivity contribution in [2.45, 2.75) is 24.9 Å². The average Bonchev–Trinajstić information content (AvgIpc) is 3.28. The number of halogens is 1. The van der Waals surface area contributed by atoms with Crippen molar-refractivity contribution in [2.75, 3.05) is 49.7 Å². The molecule has 1 aromatic carbocycles. The van der Waals surface area contributed by atoms with Gasteiger partial charge in [-0.1, -0.05) is 0 Å². The SMILES string of the molecule is Brc1cn2ccnc2c(Nc2ccc3c(c2)OC[C@H]2CN(C4CCOCC4)CCN32)n1. The van der Waals surface area contributed by atoms with Crippen LogP contribution < -0.4 is 15.0 Å². The predicted molar refractivity (Wildman–Crippen MR) is 122 cm³/mol. The van der Waals surface area contributed by atoms with Crippen molar-refractivity contribution in [2.24, 2.45) is 0 Å². The zero-order chi connectivity index (χ0) is 20.8. The molecule has 0 amide bonds. The first-order valence-corrected chi connectivity index (χ1v) is 11.7. The number of nitrogens with zero attached hydrogens (tertiary/aromatic N) is 5. The summed E-state index contributed by atoms with van der Waals surface area (Å²) in [4.78, 5) is 14.1. The van der Waals surface area contributed by atoms with E-state index in [9.17, 15) is 0 Å². The number of ether oxygens (including phenoxy) is 2. The molecule has 0 radical (unpaired) electrons. The zero-order valence-corrected chi connectivity index (χ0v) is 18.8. The van der Waals surface area contributed by atoms with E-state index in [-0.39, 0.29) is 0 Å². The highest BCUT2D eigenvalue weighted by atomic mass is 79.9. The van der Waals surface area contributed by atoms with Crippen molar-refractivity contribution in [3.63, 3.8) is 0 Å². The maximum absolute atomic E-state index is 6.22. The van der Waals surface area contributed by atoms with Crippen molar-refractivity contribution in [1.29, 1.82) is 0 Å². The van der Waals surface area contributed by atoms with Crippen LogP contribution in [0.25, 0.3) is 5.65 Å². The third-order valence-electron chi connectivity index (χ3n) is 6.53. The Bertz CT molecular complexity index is 1100. The molecule has 1 N–H and O–H groups in total. The summed E-state index contributed by atoms with van der Waals surface area (Å²) >= 11 is 3.47. The molecule has 0 bridgehead atoms. The molecule has 162 valence electrons. The molecule has 6 rings (SSSR count). The second kappa shape index (κ2) is 7.96. The Kier molecular flexibility index (Phi) is 4.96. The van der Waals surface area contributed by atoms with Crippen molar-refractivity contribution in [3.8, 4) is 5.75 Å². The molecule has 0 saturated carbocycles. The van der Waals surface area contributed by atoms with Gasteiger partial charge in [-0.2, -0.15) is 0 Å². The number of nitrogens with one attached hydrogen (secondary N) is 1. The lowest BCUT2D eigenvalue weighted by molar-refractivity contribution is 0.0231. The lowest BCUT2D eigenvalue weighted by Crippen LogP contribution is -2.59. The molecule has 3 aliphatic rings. The number of hydrogen-bond acceptors (Lipinski definition) is 7. The second-order valence-corrected chi connectivity index (χ2v) is 9.19. The summed E-state index contributed by atoms with van der Waals surface area (Å²) in [6, 6.07) is 7.38. The summed E-state index contributed by atoms with van der Waals surface area (Å²) in [5, 5.41) is 3.40. The van der Waals surface area contributed by atoms with Crippen LogP contribution in [-0.4, -0.2) is 70.8 Å². The van der Waals surface area contributed by atoms with Crippen LogP contribution in [-0.2, 0) is 4.74 Å². The van der Waals surface area contributed by atoms with Gasteiger partial charge < -0.3 is 24.1 Å². The highest BCUT2D eigenvalue weighted by molar-refractivity contribution is 9.10. The first-order chi connectivity index (χ1) is 15.2. The van der Waals surface area contributed by atoms with E-state index in [0.29, 0.717) is 17.9 Å². The van der Waals surface area contributed by atoms with Gasteiger partial charge in [0.1, 0.15) is 17.0 Å². The topological polar surface area (TPSA) is 67.2 Å². The number of benzene rings is 1. The van der Waals surface area contributed by atoms with Crippen LogP contribution in [0.15, 0.2) is 41.4 Å². The Labute approximate surface area is 189 Å². The first kappa shape index (κ1) is 19.3. The van der Waals surface area contributed by atoms with E-state index in [2.05, 4.69) is 59.2 Å². The molecule has 8 nitrogen and oxygen atoms in total. The van der Waals surface area contributed by atoms with E-state index in [1.807, 2.05) is 16.8 Å². The third kappa shape index (κ3) is 3.64. The quantitative estimate of drug-likeness (QED) is 0.611. The van der Waals surface area contributed by atoms with Gasteiger partial charge in [-0.3, -0.25) is 4.90 Å². The molecule has 0 aliphatic carbocycles. The summed E-state index contributed by atoms with van der Waals surface area (Å²) in [6.07, 6.45) is 7.86. The number of piperazine rings is 1. The van der Waals surface area contributed by atoms with Gasteiger partial charge >= 0.3 is 0 Å². The number of anilines is 3. The Balaban J connectivity index is 1.21. The second-order valence-electron chi connectivity index (χ2n) is 8.37. The molecular weight excluding hydrogens is 460 g/mol. The highest BCUT2D eigenvalue weighted by Crippen LogP contribution is 2.38. The molecular formula is C22H25BrN6O2. The summed E-state index contributed by atoms with van der Waals surface area (Å²) in [5.41, 5.74) is 2.90. The van der Waals surface area contributed by atoms with Gasteiger partial charge in [-0.15, -0.1) is 0 Å². The van der Waals surface area contributed by atoms with Crippen LogP contribution in [0.4, 0.5) is 17.2 Å². The predicted octanol–water partition coefficient (Wildman–Crippen LogP) is 3.30. The molecule has 31 heavy (non-hydrogen) atoms. The van der Waals surface area contributed by atoms with Gasteiger partial charge in [0.15, 0.2) is 11.5 Å². The smallest absolute Gasteiger partial charge is 0.180 e. The molecule has 0 unspecified atom stereocenters. The van der Waals surface area contributed by atoms with E-state index in [4.69, 9.17) is 9.47 Å². The van der Waals surface area contributed by atoms with E-state index >= 15 is 0 Å². The summed E-state index contributed by atoms with van der Waals surface area (Å²) in [5.74, 6) is 1.63. The van der Waals surface area contributed by atoms with Crippen molar-refractivity contribution >= 4 is 38.8 Å². The van der Waals surface area contributed by atoms with Crippen molar-refractivity contribution < 1.29 is 9.47 Å².